The number of hydrogen-bond donors (Lipinski definition) is 1. The van der Waals surface area contributed by atoms with E-state index >= 15 is 0 Å². The molecule has 0 aliphatic carbocycles. The second kappa shape index (κ2) is 8.67. The number of thiazole rings is 1. The molecule has 26 heavy (non-hydrogen) atoms. The lowest BCUT2D eigenvalue weighted by atomic mass is 10.0. The van der Waals surface area contributed by atoms with Gasteiger partial charge in [-0.25, -0.2) is 4.98 Å². The van der Waals surface area contributed by atoms with E-state index in [-0.39, 0.29) is 11.7 Å². The van der Waals surface area contributed by atoms with Crippen LogP contribution in [0.5, 0.6) is 0 Å². The smallest absolute Gasteiger partial charge is 0.253 e. The van der Waals surface area contributed by atoms with Gasteiger partial charge in [0.25, 0.3) is 5.91 Å². The van der Waals surface area contributed by atoms with Gasteiger partial charge in [0.05, 0.1) is 21.8 Å². The zero-order valence-electron chi connectivity index (χ0n) is 14.6. The summed E-state index contributed by atoms with van der Waals surface area (Å²) in [7, 11) is 0. The van der Waals surface area contributed by atoms with Gasteiger partial charge >= 0.3 is 0 Å². The highest BCUT2D eigenvalue weighted by molar-refractivity contribution is 7.20. The summed E-state index contributed by atoms with van der Waals surface area (Å²) in [5, 5.41) is 3.32. The van der Waals surface area contributed by atoms with E-state index < -0.39 is 6.04 Å². The molecule has 2 aromatic heterocycles. The summed E-state index contributed by atoms with van der Waals surface area (Å²) >= 11 is 1.37. The molecule has 1 N–H and O–H groups in total. The molecule has 0 saturated heterocycles. The summed E-state index contributed by atoms with van der Waals surface area (Å²) in [6.07, 6.45) is 6.67. The first kappa shape index (κ1) is 18.2. The van der Waals surface area contributed by atoms with Gasteiger partial charge in [0.15, 0.2) is 5.01 Å². The van der Waals surface area contributed by atoms with Crippen molar-refractivity contribution in [1.29, 1.82) is 0 Å². The standard InChI is InChI=1S/C20H21N3O2S/c1-2-3-4-10-16(22-19(25)14-8-7-12-21-13-14)18(24)20-23-15-9-5-6-11-17(15)26-20/h5-9,11-13,16H,2-4,10H2,1H3,(H,22,25). The second-order valence-electron chi connectivity index (χ2n) is 6.11. The van der Waals surface area contributed by atoms with Crippen LogP contribution in [0.15, 0.2) is 48.8 Å². The Hall–Kier alpha value is -2.60. The molecule has 134 valence electrons. The summed E-state index contributed by atoms with van der Waals surface area (Å²) in [5.74, 6) is -0.409. The molecular formula is C20H21N3O2S. The van der Waals surface area contributed by atoms with Gasteiger partial charge in [0.2, 0.25) is 5.78 Å². The van der Waals surface area contributed by atoms with Crippen molar-refractivity contribution in [3.8, 4) is 0 Å². The quantitative estimate of drug-likeness (QED) is 0.477. The van der Waals surface area contributed by atoms with E-state index in [1.807, 2.05) is 24.3 Å². The number of Topliss-reactive ketones (excluding diaryl/α,β-unsaturated/α-hetero) is 1. The zero-order chi connectivity index (χ0) is 18.4. The molecule has 0 radical (unpaired) electrons. The highest BCUT2D eigenvalue weighted by Crippen LogP contribution is 2.23. The maximum atomic E-state index is 13.0. The molecule has 1 atom stereocenters. The number of ketones is 1. The Morgan fingerprint density at radius 2 is 2.00 bits per heavy atom. The topological polar surface area (TPSA) is 72.0 Å². The maximum absolute atomic E-state index is 13.0. The highest BCUT2D eigenvalue weighted by atomic mass is 32.1. The van der Waals surface area contributed by atoms with Crippen LogP contribution in [0, 0.1) is 0 Å². The number of para-hydroxylation sites is 1. The minimum absolute atomic E-state index is 0.125. The number of nitrogens with zero attached hydrogens (tertiary/aromatic N) is 2. The SMILES string of the molecule is CCCCCC(NC(=O)c1cccnc1)C(=O)c1nc2ccccc2s1. The van der Waals surface area contributed by atoms with Gasteiger partial charge in [-0.15, -0.1) is 11.3 Å². The number of hydrogen-bond acceptors (Lipinski definition) is 5. The van der Waals surface area contributed by atoms with E-state index in [0.29, 0.717) is 17.0 Å². The monoisotopic (exact) mass is 367 g/mol. The van der Waals surface area contributed by atoms with E-state index in [1.54, 1.807) is 18.3 Å². The number of carbonyl (C=O) groups is 2. The number of nitrogens with one attached hydrogen (secondary N) is 1. The Morgan fingerprint density at radius 1 is 1.15 bits per heavy atom. The molecule has 1 aromatic carbocycles. The Morgan fingerprint density at radius 3 is 2.73 bits per heavy atom. The fourth-order valence-electron chi connectivity index (χ4n) is 2.73. The maximum Gasteiger partial charge on any atom is 0.253 e. The van der Waals surface area contributed by atoms with E-state index in [0.717, 1.165) is 29.5 Å². The van der Waals surface area contributed by atoms with Crippen molar-refractivity contribution in [3.63, 3.8) is 0 Å². The summed E-state index contributed by atoms with van der Waals surface area (Å²) in [6.45, 7) is 2.11. The van der Waals surface area contributed by atoms with Crippen molar-refractivity contribution in [2.45, 2.75) is 38.6 Å². The van der Waals surface area contributed by atoms with E-state index in [4.69, 9.17) is 0 Å². The van der Waals surface area contributed by atoms with E-state index in [1.165, 1.54) is 17.5 Å². The number of unbranched alkanes of at least 4 members (excludes halogenated alkanes) is 2. The normalized spacial score (nSPS) is 12.0. The fraction of sp³-hybridized carbons (Fsp3) is 0.300. The van der Waals surface area contributed by atoms with Gasteiger partial charge in [-0.2, -0.15) is 0 Å². The van der Waals surface area contributed by atoms with E-state index in [9.17, 15) is 9.59 Å². The van der Waals surface area contributed by atoms with Gasteiger partial charge in [-0.3, -0.25) is 14.6 Å². The van der Waals surface area contributed by atoms with Crippen molar-refractivity contribution in [1.82, 2.24) is 15.3 Å². The molecule has 0 aliphatic rings. The van der Waals surface area contributed by atoms with Crippen LogP contribution in [0.3, 0.4) is 0 Å². The van der Waals surface area contributed by atoms with Crippen molar-refractivity contribution in [2.24, 2.45) is 0 Å². The summed E-state index contributed by atoms with van der Waals surface area (Å²) in [5.41, 5.74) is 1.26. The third kappa shape index (κ3) is 4.32. The molecule has 5 nitrogen and oxygen atoms in total. The van der Waals surface area contributed by atoms with Crippen molar-refractivity contribution >= 4 is 33.2 Å². The summed E-state index contributed by atoms with van der Waals surface area (Å²) < 4.78 is 0.974. The lowest BCUT2D eigenvalue weighted by Gasteiger charge is -2.16. The van der Waals surface area contributed by atoms with E-state index in [2.05, 4.69) is 22.2 Å². The zero-order valence-corrected chi connectivity index (χ0v) is 15.5. The van der Waals surface area contributed by atoms with Gasteiger partial charge in [-0.1, -0.05) is 38.3 Å². The Kier molecular flexibility index (Phi) is 6.07. The molecular weight excluding hydrogens is 346 g/mol. The van der Waals surface area contributed by atoms with Crippen LogP contribution in [-0.2, 0) is 0 Å². The number of carbonyl (C=O) groups excluding carboxylic acids is 2. The Balaban J connectivity index is 1.80. The summed E-state index contributed by atoms with van der Waals surface area (Å²) in [6, 6.07) is 10.5. The van der Waals surface area contributed by atoms with Crippen LogP contribution in [0.1, 0.15) is 52.8 Å². The molecule has 6 heteroatoms. The van der Waals surface area contributed by atoms with Crippen LogP contribution < -0.4 is 5.32 Å². The first-order valence-electron chi connectivity index (χ1n) is 8.79. The first-order chi connectivity index (χ1) is 12.7. The van der Waals surface area contributed by atoms with Gasteiger partial charge in [0, 0.05) is 12.4 Å². The average molecular weight is 367 g/mol. The number of aromatic nitrogens is 2. The van der Waals surface area contributed by atoms with Crippen LogP contribution in [-0.4, -0.2) is 27.7 Å². The molecule has 1 amide bonds. The minimum Gasteiger partial charge on any atom is -0.342 e. The number of benzene rings is 1. The van der Waals surface area contributed by atoms with Gasteiger partial charge in [-0.05, 0) is 30.7 Å². The fourth-order valence-corrected chi connectivity index (χ4v) is 3.69. The predicted octanol–water partition coefficient (Wildman–Crippen LogP) is 4.25. The number of rotatable bonds is 8. The van der Waals surface area contributed by atoms with Crippen LogP contribution in [0.2, 0.25) is 0 Å². The second-order valence-corrected chi connectivity index (χ2v) is 7.15. The number of amides is 1. The molecule has 3 rings (SSSR count). The molecule has 1 unspecified atom stereocenters. The molecule has 0 spiro atoms. The lowest BCUT2D eigenvalue weighted by molar-refractivity contribution is 0.0850. The highest BCUT2D eigenvalue weighted by Gasteiger charge is 2.25. The van der Waals surface area contributed by atoms with Crippen LogP contribution in [0.4, 0.5) is 0 Å². The molecule has 0 saturated carbocycles. The third-order valence-corrected chi connectivity index (χ3v) is 5.20. The largest absolute Gasteiger partial charge is 0.342 e. The predicted molar refractivity (Wildman–Crippen MR) is 104 cm³/mol. The lowest BCUT2D eigenvalue weighted by Crippen LogP contribution is -2.41. The Bertz CT molecular complexity index is 859. The molecule has 0 aliphatic heterocycles. The minimum atomic E-state index is -0.574. The Labute approximate surface area is 156 Å². The molecule has 0 fully saturated rings. The van der Waals surface area contributed by atoms with Crippen LogP contribution in [0.25, 0.3) is 10.2 Å². The average Bonchev–Trinajstić information content (AvgIpc) is 3.11. The van der Waals surface area contributed by atoms with Crippen LogP contribution >= 0.6 is 11.3 Å². The first-order valence-corrected chi connectivity index (χ1v) is 9.61. The summed E-state index contributed by atoms with van der Waals surface area (Å²) in [4.78, 5) is 33.9. The molecule has 2 heterocycles. The van der Waals surface area contributed by atoms with Crippen molar-refractivity contribution in [2.75, 3.05) is 0 Å². The van der Waals surface area contributed by atoms with Gasteiger partial charge < -0.3 is 5.32 Å². The molecule has 3 aromatic rings. The van der Waals surface area contributed by atoms with Crippen molar-refractivity contribution < 1.29 is 9.59 Å². The van der Waals surface area contributed by atoms with Gasteiger partial charge in [0.1, 0.15) is 0 Å². The number of fused-ring (bicyclic) bond motifs is 1. The van der Waals surface area contributed by atoms with Crippen molar-refractivity contribution in [3.05, 3.63) is 59.4 Å². The third-order valence-electron chi connectivity index (χ3n) is 4.15. The number of pyridine rings is 1. The molecule has 0 bridgehead atoms.